The van der Waals surface area contributed by atoms with Gasteiger partial charge in [0, 0.05) is 70.0 Å². The van der Waals surface area contributed by atoms with Crippen LogP contribution in [0.15, 0.2) is 36.4 Å². The van der Waals surface area contributed by atoms with Crippen molar-refractivity contribution in [3.05, 3.63) is 58.7 Å². The molecule has 0 saturated carbocycles. The van der Waals surface area contributed by atoms with Gasteiger partial charge in [-0.25, -0.2) is 14.4 Å². The number of fused-ring (bicyclic) bond motifs is 1. The number of carbonyl (C=O) groups is 4. The van der Waals surface area contributed by atoms with E-state index in [2.05, 4.69) is 24.1 Å². The maximum absolute atomic E-state index is 14.2. The van der Waals surface area contributed by atoms with Crippen LogP contribution in [0.1, 0.15) is 94.4 Å². The topological polar surface area (TPSA) is 141 Å². The van der Waals surface area contributed by atoms with E-state index in [1.165, 1.54) is 6.42 Å². The Balaban J connectivity index is 0.00000200. The third-order valence-corrected chi connectivity index (χ3v) is 11.5. The number of likely N-dealkylation sites (tertiary alicyclic amines) is 3. The van der Waals surface area contributed by atoms with E-state index >= 15 is 0 Å². The number of rotatable bonds is 11. The average molecular weight is 792 g/mol. The van der Waals surface area contributed by atoms with Gasteiger partial charge in [0.25, 0.3) is 5.91 Å². The lowest BCUT2D eigenvalue weighted by Gasteiger charge is -2.42. The van der Waals surface area contributed by atoms with Crippen LogP contribution in [-0.2, 0) is 36.6 Å². The summed E-state index contributed by atoms with van der Waals surface area (Å²) in [5.41, 5.74) is 4.19. The normalized spacial score (nSPS) is 19.1. The first-order valence-corrected chi connectivity index (χ1v) is 21.2. The summed E-state index contributed by atoms with van der Waals surface area (Å²) in [5, 5.41) is 13.4. The van der Waals surface area contributed by atoms with Crippen LogP contribution in [0, 0.1) is 13.8 Å². The van der Waals surface area contributed by atoms with Crippen LogP contribution in [0.4, 0.5) is 15.3 Å². The maximum atomic E-state index is 14.2. The highest BCUT2D eigenvalue weighted by Gasteiger charge is 2.37. The quantitative estimate of drug-likeness (QED) is 0.246. The molecule has 3 fully saturated rings. The third kappa shape index (κ3) is 12.1. The lowest BCUT2D eigenvalue weighted by molar-refractivity contribution is -0.152. The molecule has 0 aliphatic carbocycles. The molecule has 2 aromatic rings. The summed E-state index contributed by atoms with van der Waals surface area (Å²) < 4.78 is 17.0. The van der Waals surface area contributed by atoms with Gasteiger partial charge >= 0.3 is 18.1 Å². The molecular weight excluding hydrogens is 727 g/mol. The minimum absolute atomic E-state index is 0.00213. The Kier molecular flexibility index (Phi) is 16.4. The molecule has 2 aromatic carbocycles. The number of hydrogen-bond acceptors (Lipinski definition) is 9. The van der Waals surface area contributed by atoms with E-state index in [9.17, 15) is 24.3 Å². The number of piperidine rings is 3. The van der Waals surface area contributed by atoms with Crippen molar-refractivity contribution in [2.75, 3.05) is 64.3 Å². The third-order valence-electron chi connectivity index (χ3n) is 11.5. The number of urea groups is 1. The minimum atomic E-state index is -1.01. The molecule has 4 heterocycles. The first kappa shape index (κ1) is 43.8. The summed E-state index contributed by atoms with van der Waals surface area (Å²) in [4.78, 5) is 60.7. The van der Waals surface area contributed by atoms with Crippen molar-refractivity contribution >= 4 is 29.7 Å². The lowest BCUT2D eigenvalue weighted by Crippen LogP contribution is -2.53. The number of nitrogens with one attached hydrogen (secondary N) is 1. The molecule has 4 amide bonds. The van der Waals surface area contributed by atoms with Crippen LogP contribution in [-0.4, -0.2) is 132 Å². The zero-order valence-corrected chi connectivity index (χ0v) is 34.8. The number of anilines is 1. The highest BCUT2D eigenvalue weighted by Crippen LogP contribution is 2.28. The Hall–Kier alpha value is -4.36. The second-order valence-electron chi connectivity index (χ2n) is 15.9. The second-order valence-corrected chi connectivity index (χ2v) is 15.9. The molecule has 6 rings (SSSR count). The predicted molar refractivity (Wildman–Crippen MR) is 219 cm³/mol. The number of phenolic OH excluding ortho intramolecular Hbond substituents is 1. The summed E-state index contributed by atoms with van der Waals surface area (Å²) in [7, 11) is 0. The molecule has 2 N–H and O–H groups in total. The first-order valence-electron chi connectivity index (χ1n) is 21.2. The number of para-hydroxylation sites is 1. The van der Waals surface area contributed by atoms with Crippen molar-refractivity contribution in [2.24, 2.45) is 0 Å². The zero-order chi connectivity index (χ0) is 40.9. The predicted octanol–water partition coefficient (Wildman–Crippen LogP) is 6.45. The van der Waals surface area contributed by atoms with Gasteiger partial charge in [-0.3, -0.25) is 4.79 Å². The Morgan fingerprint density at radius 3 is 2.11 bits per heavy atom. The van der Waals surface area contributed by atoms with E-state index < -0.39 is 12.2 Å². The van der Waals surface area contributed by atoms with Gasteiger partial charge in [-0.2, -0.15) is 0 Å². The van der Waals surface area contributed by atoms with Gasteiger partial charge in [-0.1, -0.05) is 57.5 Å². The number of ether oxygens (including phenoxy) is 3. The summed E-state index contributed by atoms with van der Waals surface area (Å²) in [5.74, 6) is -0.301. The highest BCUT2D eigenvalue weighted by atomic mass is 16.6. The van der Waals surface area contributed by atoms with Gasteiger partial charge in [0.05, 0.1) is 12.7 Å². The van der Waals surface area contributed by atoms with Gasteiger partial charge in [-0.15, -0.1) is 0 Å². The standard InChI is InChI=1S/C41H57N5O8.C3H8/c1-4-23-52-37(47)27-53-34-14-20-43(21-15-34)32-10-16-44(17-11-32)39(49)36(26-30-24-28(2)38(48)29(3)25-30)54-41(51)45-18-12-33(13-19-45)46-22-9-31-7-5-6-8-35(31)42-40(46)50;1-3-2/h5-8,24-25,32-34,36,48H,4,9-23,26-27H2,1-3H3,(H,42,50);3H2,1-2H3/t36-;/m1./s1. The number of hydrogen-bond donors (Lipinski definition) is 2. The first-order chi connectivity index (χ1) is 27.5. The average Bonchev–Trinajstić information content (AvgIpc) is 3.39. The molecule has 314 valence electrons. The van der Waals surface area contributed by atoms with Gasteiger partial charge < -0.3 is 44.2 Å². The number of benzene rings is 2. The molecule has 0 spiro atoms. The molecule has 1 atom stereocenters. The van der Waals surface area contributed by atoms with Crippen LogP contribution in [0.2, 0.25) is 0 Å². The van der Waals surface area contributed by atoms with Gasteiger partial charge in [0.1, 0.15) is 12.4 Å². The number of amides is 4. The molecule has 3 saturated heterocycles. The summed E-state index contributed by atoms with van der Waals surface area (Å²) >= 11 is 0. The number of aromatic hydroxyl groups is 1. The Morgan fingerprint density at radius 1 is 0.842 bits per heavy atom. The number of aryl methyl sites for hydroxylation is 2. The van der Waals surface area contributed by atoms with E-state index in [4.69, 9.17) is 14.2 Å². The van der Waals surface area contributed by atoms with E-state index in [0.29, 0.717) is 69.3 Å². The van der Waals surface area contributed by atoms with Crippen LogP contribution in [0.25, 0.3) is 0 Å². The Labute approximate surface area is 339 Å². The summed E-state index contributed by atoms with van der Waals surface area (Å²) in [6, 6.07) is 11.8. The number of esters is 1. The van der Waals surface area contributed by atoms with Crippen LogP contribution < -0.4 is 5.32 Å². The SMILES string of the molecule is CCC.CCCOC(=O)COC1CCN(C2CCN(C(=O)[C@@H](Cc3cc(C)c(O)c(C)c3)OC(=O)N3CCC(N4CCc5ccccc5NC4=O)CC3)CC2)CC1. The monoisotopic (exact) mass is 791 g/mol. The Morgan fingerprint density at radius 2 is 1.46 bits per heavy atom. The fraction of sp³-hybridized carbons (Fsp3) is 0.636. The van der Waals surface area contributed by atoms with E-state index in [0.717, 1.165) is 68.4 Å². The van der Waals surface area contributed by atoms with E-state index in [-0.39, 0.29) is 48.8 Å². The molecule has 0 bridgehead atoms. The second kappa shape index (κ2) is 21.4. The molecule has 57 heavy (non-hydrogen) atoms. The molecule has 4 aliphatic rings. The fourth-order valence-electron chi connectivity index (χ4n) is 8.36. The lowest BCUT2D eigenvalue weighted by atomic mass is 9.97. The molecule has 4 aliphatic heterocycles. The number of nitrogens with zero attached hydrogens (tertiary/aromatic N) is 4. The highest BCUT2D eigenvalue weighted by molar-refractivity contribution is 5.91. The maximum Gasteiger partial charge on any atom is 0.410 e. The molecule has 0 aromatic heterocycles. The van der Waals surface area contributed by atoms with Crippen molar-refractivity contribution in [1.29, 1.82) is 0 Å². The summed E-state index contributed by atoms with van der Waals surface area (Å²) in [6.45, 7) is 14.6. The number of carbonyl (C=O) groups excluding carboxylic acids is 4. The zero-order valence-electron chi connectivity index (χ0n) is 34.8. The largest absolute Gasteiger partial charge is 0.507 e. The van der Waals surface area contributed by atoms with Crippen LogP contribution >= 0.6 is 0 Å². The molecule has 13 heteroatoms. The van der Waals surface area contributed by atoms with E-state index in [1.54, 1.807) is 4.90 Å². The molecule has 0 radical (unpaired) electrons. The van der Waals surface area contributed by atoms with E-state index in [1.807, 2.05) is 67.0 Å². The fourth-order valence-corrected chi connectivity index (χ4v) is 8.36. The van der Waals surface area contributed by atoms with Crippen molar-refractivity contribution in [3.63, 3.8) is 0 Å². The summed E-state index contributed by atoms with van der Waals surface area (Å²) in [6.07, 6.45) is 6.09. The van der Waals surface area contributed by atoms with Gasteiger partial charge in [0.2, 0.25) is 0 Å². The Bertz CT molecular complexity index is 1620. The molecular formula is C44H65N5O8. The van der Waals surface area contributed by atoms with Gasteiger partial charge in [-0.05, 0) is 93.5 Å². The van der Waals surface area contributed by atoms with Crippen molar-refractivity contribution in [3.8, 4) is 5.75 Å². The molecule has 0 unspecified atom stereocenters. The smallest absolute Gasteiger partial charge is 0.410 e. The van der Waals surface area contributed by atoms with Crippen LogP contribution in [0.3, 0.4) is 0 Å². The molecule has 13 nitrogen and oxygen atoms in total. The number of phenols is 1. The minimum Gasteiger partial charge on any atom is -0.507 e. The van der Waals surface area contributed by atoms with Crippen molar-refractivity contribution in [2.45, 2.75) is 123 Å². The van der Waals surface area contributed by atoms with Crippen molar-refractivity contribution in [1.82, 2.24) is 19.6 Å². The van der Waals surface area contributed by atoms with Gasteiger partial charge in [0.15, 0.2) is 6.10 Å². The van der Waals surface area contributed by atoms with Crippen molar-refractivity contribution < 1.29 is 38.5 Å². The van der Waals surface area contributed by atoms with Crippen LogP contribution in [0.5, 0.6) is 5.75 Å².